The van der Waals surface area contributed by atoms with Gasteiger partial charge in [0.05, 0.1) is 7.11 Å². The highest BCUT2D eigenvalue weighted by molar-refractivity contribution is 5.83. The minimum absolute atomic E-state index is 0.215. The van der Waals surface area contributed by atoms with Crippen LogP contribution < -0.4 is 14.8 Å². The van der Waals surface area contributed by atoms with Gasteiger partial charge < -0.3 is 14.8 Å². The Morgan fingerprint density at radius 3 is 2.31 bits per heavy atom. The Hall–Kier alpha value is -2.68. The van der Waals surface area contributed by atoms with E-state index in [0.717, 1.165) is 43.0 Å². The minimum atomic E-state index is 0.215. The van der Waals surface area contributed by atoms with Gasteiger partial charge in [0, 0.05) is 18.7 Å². The number of anilines is 1. The van der Waals surface area contributed by atoms with Crippen LogP contribution in [0.1, 0.15) is 26.2 Å². The van der Waals surface area contributed by atoms with Gasteiger partial charge in [-0.15, -0.1) is 0 Å². The maximum atomic E-state index is 6.28. The van der Waals surface area contributed by atoms with E-state index in [2.05, 4.69) is 54.7 Å². The molecular weight excluding hydrogens is 322 g/mol. The van der Waals surface area contributed by atoms with Gasteiger partial charge in [-0.1, -0.05) is 43.7 Å². The summed E-state index contributed by atoms with van der Waals surface area (Å²) in [5, 5.41) is 5.93. The lowest BCUT2D eigenvalue weighted by Gasteiger charge is -2.19. The van der Waals surface area contributed by atoms with Gasteiger partial charge in [-0.2, -0.15) is 0 Å². The molecule has 0 bridgehead atoms. The molecular formula is C23H27NO2. The fraction of sp³-hybridized carbons (Fsp3) is 0.304. The summed E-state index contributed by atoms with van der Waals surface area (Å²) in [5.74, 6) is 1.82. The summed E-state index contributed by atoms with van der Waals surface area (Å²) in [6, 6.07) is 22.7. The Morgan fingerprint density at radius 2 is 1.58 bits per heavy atom. The van der Waals surface area contributed by atoms with Gasteiger partial charge in [0.15, 0.2) is 0 Å². The molecule has 1 atom stereocenters. The molecule has 3 nitrogen and oxygen atoms in total. The molecule has 3 heteroatoms. The van der Waals surface area contributed by atoms with Crippen molar-refractivity contribution in [1.29, 1.82) is 0 Å². The van der Waals surface area contributed by atoms with Crippen LogP contribution >= 0.6 is 0 Å². The van der Waals surface area contributed by atoms with Crippen LogP contribution in [0, 0.1) is 0 Å². The van der Waals surface area contributed by atoms with E-state index in [4.69, 9.17) is 9.47 Å². The highest BCUT2D eigenvalue weighted by Crippen LogP contribution is 2.23. The highest BCUT2D eigenvalue weighted by Gasteiger charge is 2.10. The van der Waals surface area contributed by atoms with Crippen LogP contribution in [0.2, 0.25) is 0 Å². The van der Waals surface area contributed by atoms with Gasteiger partial charge in [0.2, 0.25) is 0 Å². The Kier molecular flexibility index (Phi) is 6.37. The maximum Gasteiger partial charge on any atom is 0.120 e. The van der Waals surface area contributed by atoms with Crippen molar-refractivity contribution in [2.45, 2.75) is 32.3 Å². The zero-order valence-electron chi connectivity index (χ0n) is 15.6. The van der Waals surface area contributed by atoms with Crippen LogP contribution in [0.15, 0.2) is 66.7 Å². The summed E-state index contributed by atoms with van der Waals surface area (Å²) in [5.41, 5.74) is 1.10. The third kappa shape index (κ3) is 4.92. The predicted octanol–water partition coefficient (Wildman–Crippen LogP) is 5.90. The van der Waals surface area contributed by atoms with E-state index in [1.165, 1.54) is 10.8 Å². The molecule has 0 saturated heterocycles. The number of hydrogen-bond acceptors (Lipinski definition) is 3. The smallest absolute Gasteiger partial charge is 0.120 e. The maximum absolute atomic E-state index is 6.28. The van der Waals surface area contributed by atoms with Crippen LogP contribution in [0.5, 0.6) is 11.5 Å². The van der Waals surface area contributed by atoms with Gasteiger partial charge in [-0.05, 0) is 53.6 Å². The summed E-state index contributed by atoms with van der Waals surface area (Å²) in [4.78, 5) is 0. The third-order valence-corrected chi connectivity index (χ3v) is 4.52. The first-order chi connectivity index (χ1) is 12.8. The zero-order valence-corrected chi connectivity index (χ0v) is 15.6. The molecule has 3 rings (SSSR count). The van der Waals surface area contributed by atoms with Crippen LogP contribution in [0.25, 0.3) is 10.8 Å². The second-order valence-corrected chi connectivity index (χ2v) is 6.48. The van der Waals surface area contributed by atoms with E-state index in [1.54, 1.807) is 7.11 Å². The number of fused-ring (bicyclic) bond motifs is 1. The fourth-order valence-corrected chi connectivity index (χ4v) is 3.10. The van der Waals surface area contributed by atoms with Crippen molar-refractivity contribution in [3.05, 3.63) is 66.7 Å². The Balaban J connectivity index is 1.57. The van der Waals surface area contributed by atoms with E-state index in [0.29, 0.717) is 0 Å². The molecule has 0 fully saturated rings. The third-order valence-electron chi connectivity index (χ3n) is 4.52. The van der Waals surface area contributed by atoms with E-state index in [-0.39, 0.29) is 6.10 Å². The van der Waals surface area contributed by atoms with Crippen LogP contribution in [0.4, 0.5) is 5.69 Å². The molecule has 3 aromatic carbocycles. The SMILES string of the molecule is CCCC(CCNc1ccc(OC)cc1)Oc1ccc2ccccc2c1. The van der Waals surface area contributed by atoms with Crippen molar-refractivity contribution in [3.63, 3.8) is 0 Å². The summed E-state index contributed by atoms with van der Waals surface area (Å²) in [6.45, 7) is 3.08. The molecule has 0 amide bonds. The van der Waals surface area contributed by atoms with Crippen LogP contribution in [0.3, 0.4) is 0 Å². The molecule has 136 valence electrons. The van der Waals surface area contributed by atoms with E-state index in [1.807, 2.05) is 24.3 Å². The van der Waals surface area contributed by atoms with E-state index < -0.39 is 0 Å². The average Bonchev–Trinajstić information content (AvgIpc) is 2.68. The largest absolute Gasteiger partial charge is 0.497 e. The van der Waals surface area contributed by atoms with Gasteiger partial charge in [-0.25, -0.2) is 0 Å². The molecule has 1 N–H and O–H groups in total. The van der Waals surface area contributed by atoms with Crippen molar-refractivity contribution < 1.29 is 9.47 Å². The first-order valence-corrected chi connectivity index (χ1v) is 9.32. The minimum Gasteiger partial charge on any atom is -0.497 e. The number of ether oxygens (including phenoxy) is 2. The molecule has 1 unspecified atom stereocenters. The lowest BCUT2D eigenvalue weighted by atomic mass is 10.1. The predicted molar refractivity (Wildman–Crippen MR) is 109 cm³/mol. The summed E-state index contributed by atoms with van der Waals surface area (Å²) < 4.78 is 11.5. The highest BCUT2D eigenvalue weighted by atomic mass is 16.5. The van der Waals surface area contributed by atoms with Crippen molar-refractivity contribution in [3.8, 4) is 11.5 Å². The quantitative estimate of drug-likeness (QED) is 0.522. The first-order valence-electron chi connectivity index (χ1n) is 9.32. The fourth-order valence-electron chi connectivity index (χ4n) is 3.10. The Morgan fingerprint density at radius 1 is 0.846 bits per heavy atom. The summed E-state index contributed by atoms with van der Waals surface area (Å²) in [6.07, 6.45) is 3.34. The topological polar surface area (TPSA) is 30.5 Å². The Bertz CT molecular complexity index is 814. The molecule has 3 aromatic rings. The number of hydrogen-bond donors (Lipinski definition) is 1. The molecule has 0 aromatic heterocycles. The van der Waals surface area contributed by atoms with Crippen LogP contribution in [-0.4, -0.2) is 19.8 Å². The summed E-state index contributed by atoms with van der Waals surface area (Å²) in [7, 11) is 1.68. The Labute approximate surface area is 156 Å². The molecule has 0 saturated carbocycles. The lowest BCUT2D eigenvalue weighted by Crippen LogP contribution is -2.20. The molecule has 0 heterocycles. The monoisotopic (exact) mass is 349 g/mol. The second-order valence-electron chi connectivity index (χ2n) is 6.48. The van der Waals surface area contributed by atoms with Gasteiger partial charge in [0.25, 0.3) is 0 Å². The van der Waals surface area contributed by atoms with E-state index >= 15 is 0 Å². The second kappa shape index (κ2) is 9.14. The molecule has 0 aliphatic carbocycles. The van der Waals surface area contributed by atoms with Crippen LogP contribution in [-0.2, 0) is 0 Å². The van der Waals surface area contributed by atoms with E-state index in [9.17, 15) is 0 Å². The molecule has 0 aliphatic heterocycles. The van der Waals surface area contributed by atoms with Gasteiger partial charge in [0.1, 0.15) is 17.6 Å². The molecule has 0 aliphatic rings. The van der Waals surface area contributed by atoms with Gasteiger partial charge >= 0.3 is 0 Å². The molecule has 0 radical (unpaired) electrons. The lowest BCUT2D eigenvalue weighted by molar-refractivity contribution is 0.184. The number of methoxy groups -OCH3 is 1. The first kappa shape index (κ1) is 18.1. The number of rotatable bonds is 9. The normalized spacial score (nSPS) is 11.9. The molecule has 26 heavy (non-hydrogen) atoms. The average molecular weight is 349 g/mol. The van der Waals surface area contributed by atoms with Crippen molar-refractivity contribution in [2.75, 3.05) is 19.0 Å². The van der Waals surface area contributed by atoms with Crippen molar-refractivity contribution in [1.82, 2.24) is 0 Å². The summed E-state index contributed by atoms with van der Waals surface area (Å²) >= 11 is 0. The van der Waals surface area contributed by atoms with Gasteiger partial charge in [-0.3, -0.25) is 0 Å². The molecule has 0 spiro atoms. The zero-order chi connectivity index (χ0) is 18.2. The van der Waals surface area contributed by atoms with Crippen molar-refractivity contribution in [2.24, 2.45) is 0 Å². The van der Waals surface area contributed by atoms with Crippen molar-refractivity contribution >= 4 is 16.5 Å². The number of benzene rings is 3. The number of nitrogens with one attached hydrogen (secondary N) is 1. The standard InChI is InChI=1S/C23H27NO2/c1-3-6-22(15-16-24-20-10-13-21(25-2)14-11-20)26-23-12-9-18-7-4-5-8-19(18)17-23/h4-5,7-14,17,22,24H,3,6,15-16H2,1-2H3.